The van der Waals surface area contributed by atoms with E-state index in [1.54, 1.807) is 0 Å². The van der Waals surface area contributed by atoms with Crippen LogP contribution in [-0.2, 0) is 20.4 Å². The van der Waals surface area contributed by atoms with Crippen molar-refractivity contribution in [2.45, 2.75) is 46.6 Å². The first-order valence-electron chi connectivity index (χ1n) is 11.1. The molecule has 0 saturated carbocycles. The molecule has 0 spiro atoms. The second kappa shape index (κ2) is 11.8. The Morgan fingerprint density at radius 1 is 0.647 bits per heavy atom. The van der Waals surface area contributed by atoms with Crippen molar-refractivity contribution in [1.29, 1.82) is 0 Å². The van der Waals surface area contributed by atoms with Gasteiger partial charge in [0.05, 0.1) is 0 Å². The third-order valence-electron chi connectivity index (χ3n) is 7.71. The summed E-state index contributed by atoms with van der Waals surface area (Å²) in [4.78, 5) is 0. The van der Waals surface area contributed by atoms with Gasteiger partial charge < -0.3 is 37.2 Å². The van der Waals surface area contributed by atoms with Crippen molar-refractivity contribution >= 4 is 23.6 Å². The summed E-state index contributed by atoms with van der Waals surface area (Å²) < 4.78 is 1.53. The predicted molar refractivity (Wildman–Crippen MR) is 133 cm³/mol. The largest absolute Gasteiger partial charge is 1.00 e. The third-order valence-corrected chi connectivity index (χ3v) is 15.3. The van der Waals surface area contributed by atoms with Crippen LogP contribution in [0.2, 0.25) is 5.04 Å². The molecule has 0 saturated heterocycles. The predicted octanol–water partition coefficient (Wildman–Crippen LogP) is -3.28. The maximum atomic E-state index is 2.53. The van der Waals surface area contributed by atoms with Gasteiger partial charge in [-0.25, -0.2) is 0 Å². The van der Waals surface area contributed by atoms with Gasteiger partial charge in [0.15, 0.2) is 0 Å². The van der Waals surface area contributed by atoms with Gasteiger partial charge in [-0.1, -0.05) is 0 Å². The van der Waals surface area contributed by atoms with E-state index in [9.17, 15) is 0 Å². The van der Waals surface area contributed by atoms with Crippen molar-refractivity contribution in [1.82, 2.24) is 0 Å². The van der Waals surface area contributed by atoms with E-state index in [1.165, 1.54) is 47.3 Å². The van der Waals surface area contributed by atoms with Gasteiger partial charge in [0.2, 0.25) is 0 Å². The van der Waals surface area contributed by atoms with E-state index >= 15 is 0 Å². The normalized spacial score (nSPS) is 17.6. The first-order valence-corrected chi connectivity index (χ1v) is 13.8. The molecule has 0 aromatic heterocycles. The Kier molecular flexibility index (Phi) is 10.7. The Hall–Kier alpha value is -1.06. The first kappa shape index (κ1) is 31.0. The summed E-state index contributed by atoms with van der Waals surface area (Å²) >= 11 is 2.38. The van der Waals surface area contributed by atoms with Gasteiger partial charge in [-0.15, -0.1) is 0 Å². The molecule has 0 N–H and O–H groups in total. The molecule has 0 radical (unpaired) electrons. The molecule has 1 atom stereocenters. The Morgan fingerprint density at radius 2 is 1.12 bits per heavy atom. The molecule has 1 aliphatic carbocycles. The molecule has 0 heterocycles. The number of rotatable bonds is 4. The van der Waals surface area contributed by atoms with Crippen molar-refractivity contribution in [3.63, 3.8) is 0 Å². The van der Waals surface area contributed by atoms with Crippen molar-refractivity contribution in [3.05, 3.63) is 111 Å². The van der Waals surface area contributed by atoms with E-state index < -0.39 is 8.07 Å². The maximum absolute atomic E-state index is 2.53. The number of hydrogen-bond donors (Lipinski definition) is 0. The number of allylic oxidation sites excluding steroid dienone is 4. The molecule has 3 aromatic carbocycles. The Morgan fingerprint density at radius 3 is 1.53 bits per heavy atom. The van der Waals surface area contributed by atoms with Gasteiger partial charge in [0, 0.05) is 0 Å². The van der Waals surface area contributed by atoms with Crippen LogP contribution in [0.1, 0.15) is 38.8 Å². The summed E-state index contributed by atoms with van der Waals surface area (Å²) in [6.07, 6.45) is 0. The van der Waals surface area contributed by atoms with Gasteiger partial charge in [-0.2, -0.15) is 0 Å². The quantitative estimate of drug-likeness (QED) is 0.232. The van der Waals surface area contributed by atoms with Crippen LogP contribution in [0.4, 0.5) is 0 Å². The van der Waals surface area contributed by atoms with Crippen molar-refractivity contribution < 1.29 is 57.7 Å². The molecule has 1 aliphatic rings. The zero-order valence-electron chi connectivity index (χ0n) is 20.6. The van der Waals surface area contributed by atoms with Crippen LogP contribution in [0.15, 0.2) is 99.5 Å². The van der Waals surface area contributed by atoms with Gasteiger partial charge in [0.1, 0.15) is 0 Å². The summed E-state index contributed by atoms with van der Waals surface area (Å²) in [6, 6.07) is 29.8. The Balaban J connectivity index is 0.00000193. The minimum atomic E-state index is -2.52. The van der Waals surface area contributed by atoms with Crippen LogP contribution in [0.5, 0.6) is 0 Å². The van der Waals surface area contributed by atoms with Gasteiger partial charge in [-0.05, 0) is 0 Å². The first-order chi connectivity index (χ1) is 14.8. The average molecular weight is 562 g/mol. The molecular formula is C29H31Cl3SiTi. The molecule has 176 valence electrons. The summed E-state index contributed by atoms with van der Waals surface area (Å²) in [6.45, 7) is 14.1. The fraction of sp³-hybridized carbons (Fsp3) is 0.241. The molecule has 3 aromatic rings. The van der Waals surface area contributed by atoms with Crippen molar-refractivity contribution in [2.75, 3.05) is 0 Å². The number of aryl methyl sites for hydroxylation is 2. The second-order valence-electron chi connectivity index (χ2n) is 9.18. The third kappa shape index (κ3) is 4.45. The summed E-state index contributed by atoms with van der Waals surface area (Å²) in [5, 5.41) is 4.47. The molecule has 0 amide bonds. The van der Waals surface area contributed by atoms with Gasteiger partial charge >= 0.3 is 201 Å². The fourth-order valence-corrected chi connectivity index (χ4v) is 13.6. The topological polar surface area (TPSA) is 0 Å². The summed E-state index contributed by atoms with van der Waals surface area (Å²) in [7, 11) is -2.52. The van der Waals surface area contributed by atoms with Crippen molar-refractivity contribution in [2.24, 2.45) is 0 Å². The fourth-order valence-electron chi connectivity index (χ4n) is 5.72. The standard InChI is InChI=1S/C29H31Si.3ClH.Ti/c1-21-17-18-22(2)28(19-21)30(26-13-9-7-10-14-26,27-15-11-8-12-16-27)29(6)20-23(3)24(4)25(29)5;;;;/h7-19H,1-6H3;3*1H;/q;;;;+3/p-3. The van der Waals surface area contributed by atoms with E-state index in [-0.39, 0.29) is 42.3 Å². The van der Waals surface area contributed by atoms with Crippen LogP contribution in [0, 0.1) is 13.8 Å². The molecular weight excluding hydrogens is 531 g/mol. The minimum Gasteiger partial charge on any atom is -1.00 e. The average Bonchev–Trinajstić information content (AvgIpc) is 2.94. The van der Waals surface area contributed by atoms with Crippen LogP contribution in [-0.4, -0.2) is 8.07 Å². The van der Waals surface area contributed by atoms with Crippen molar-refractivity contribution in [3.8, 4) is 0 Å². The van der Waals surface area contributed by atoms with Crippen LogP contribution in [0.25, 0.3) is 0 Å². The number of benzene rings is 3. The Bertz CT molecular complexity index is 1140. The summed E-state index contributed by atoms with van der Waals surface area (Å²) in [5.74, 6) is 0. The van der Waals surface area contributed by atoms with E-state index in [4.69, 9.17) is 0 Å². The Labute approximate surface area is 237 Å². The van der Waals surface area contributed by atoms with Gasteiger partial charge in [0.25, 0.3) is 0 Å². The molecule has 34 heavy (non-hydrogen) atoms. The smallest absolute Gasteiger partial charge is 1.00 e. The van der Waals surface area contributed by atoms with E-state index in [0.717, 1.165) is 0 Å². The number of halogens is 3. The van der Waals surface area contributed by atoms with E-state index in [0.29, 0.717) is 0 Å². The van der Waals surface area contributed by atoms with Gasteiger partial charge in [-0.3, -0.25) is 0 Å². The maximum Gasteiger partial charge on any atom is -1.00 e. The molecule has 0 bridgehead atoms. The zero-order chi connectivity index (χ0) is 22.4. The molecule has 0 nitrogen and oxygen atoms in total. The molecule has 5 heteroatoms. The monoisotopic (exact) mass is 560 g/mol. The SMILES string of the molecule is CC1=C(C)C(C)([Si](c2ccccc2)(c2ccccc2)c2cc(C)ccc2C)[C]([Ti+3])=C1C.[Cl-].[Cl-].[Cl-]. The zero-order valence-corrected chi connectivity index (χ0v) is 25.5. The summed E-state index contributed by atoms with van der Waals surface area (Å²) in [5.41, 5.74) is 7.20. The molecule has 1 unspecified atom stereocenters. The van der Waals surface area contributed by atoms with Crippen LogP contribution < -0.4 is 52.8 Å². The second-order valence-corrected chi connectivity index (χ2v) is 14.1. The molecule has 4 rings (SSSR count). The van der Waals surface area contributed by atoms with Crippen LogP contribution in [0.3, 0.4) is 0 Å². The number of hydrogen-bond acceptors (Lipinski definition) is 0. The van der Waals surface area contributed by atoms with E-state index in [1.807, 2.05) is 0 Å². The minimum absolute atomic E-state index is 0. The van der Waals surface area contributed by atoms with E-state index in [2.05, 4.69) is 141 Å². The molecule has 0 fully saturated rings. The van der Waals surface area contributed by atoms with Crippen LogP contribution >= 0.6 is 0 Å². The molecule has 0 aliphatic heterocycles.